The minimum Gasteiger partial charge on any atom is -0.383 e. The molecular formula is C15H30N2O2. The lowest BCUT2D eigenvalue weighted by molar-refractivity contribution is -0.131. The van der Waals surface area contributed by atoms with Gasteiger partial charge in [0.05, 0.1) is 6.61 Å². The van der Waals surface area contributed by atoms with Crippen molar-refractivity contribution < 1.29 is 9.53 Å². The third kappa shape index (κ3) is 5.91. The Bertz CT molecular complexity index is 279. The molecule has 0 aromatic rings. The van der Waals surface area contributed by atoms with Gasteiger partial charge in [-0.1, -0.05) is 20.8 Å². The molecule has 1 saturated heterocycles. The van der Waals surface area contributed by atoms with E-state index < -0.39 is 0 Å². The van der Waals surface area contributed by atoms with Gasteiger partial charge in [-0.3, -0.25) is 4.79 Å². The smallest absolute Gasteiger partial charge is 0.222 e. The maximum absolute atomic E-state index is 12.2. The molecule has 1 amide bonds. The van der Waals surface area contributed by atoms with Gasteiger partial charge in [0.25, 0.3) is 0 Å². The van der Waals surface area contributed by atoms with Crippen LogP contribution in [0.2, 0.25) is 0 Å². The molecule has 0 aromatic carbocycles. The van der Waals surface area contributed by atoms with Crippen LogP contribution in [0.25, 0.3) is 0 Å². The van der Waals surface area contributed by atoms with Gasteiger partial charge >= 0.3 is 0 Å². The lowest BCUT2D eigenvalue weighted by atomic mass is 9.85. The fourth-order valence-electron chi connectivity index (χ4n) is 2.48. The van der Waals surface area contributed by atoms with E-state index in [1.807, 2.05) is 4.90 Å². The van der Waals surface area contributed by atoms with Gasteiger partial charge in [-0.05, 0) is 31.2 Å². The van der Waals surface area contributed by atoms with Crippen molar-refractivity contribution in [1.82, 2.24) is 10.2 Å². The second kappa shape index (κ2) is 7.85. The molecule has 1 aliphatic heterocycles. The molecule has 4 nitrogen and oxygen atoms in total. The van der Waals surface area contributed by atoms with Gasteiger partial charge in [-0.25, -0.2) is 0 Å². The van der Waals surface area contributed by atoms with Gasteiger partial charge in [0, 0.05) is 32.7 Å². The van der Waals surface area contributed by atoms with Crippen molar-refractivity contribution in [2.75, 3.05) is 33.4 Å². The Morgan fingerprint density at radius 3 is 2.79 bits per heavy atom. The van der Waals surface area contributed by atoms with Crippen molar-refractivity contribution in [2.24, 2.45) is 5.41 Å². The normalized spacial score (nSPS) is 21.3. The van der Waals surface area contributed by atoms with Gasteiger partial charge in [-0.2, -0.15) is 0 Å². The molecule has 0 spiro atoms. The van der Waals surface area contributed by atoms with Crippen molar-refractivity contribution in [1.29, 1.82) is 0 Å². The second-order valence-corrected chi connectivity index (χ2v) is 6.36. The molecule has 1 rings (SSSR count). The summed E-state index contributed by atoms with van der Waals surface area (Å²) in [5.41, 5.74) is 0.290. The first-order valence-corrected chi connectivity index (χ1v) is 7.48. The summed E-state index contributed by atoms with van der Waals surface area (Å²) < 4.78 is 5.25. The summed E-state index contributed by atoms with van der Waals surface area (Å²) in [7, 11) is 1.72. The zero-order valence-corrected chi connectivity index (χ0v) is 13.0. The van der Waals surface area contributed by atoms with Crippen molar-refractivity contribution >= 4 is 5.91 Å². The number of methoxy groups -OCH3 is 1. The number of nitrogens with one attached hydrogen (secondary N) is 1. The third-order valence-corrected chi connectivity index (χ3v) is 3.92. The summed E-state index contributed by atoms with van der Waals surface area (Å²) in [6, 6.07) is 0.245. The topological polar surface area (TPSA) is 41.6 Å². The zero-order valence-electron chi connectivity index (χ0n) is 13.0. The van der Waals surface area contributed by atoms with Crippen molar-refractivity contribution in [3.63, 3.8) is 0 Å². The van der Waals surface area contributed by atoms with Crippen molar-refractivity contribution in [3.05, 3.63) is 0 Å². The number of ether oxygens (including phenoxy) is 1. The molecule has 0 radical (unpaired) electrons. The SMILES string of the molecule is CCCNC(COC)CN1CCC(C)(C)CCC1=O. The Labute approximate surface area is 117 Å². The highest BCUT2D eigenvalue weighted by molar-refractivity contribution is 5.76. The molecule has 1 unspecified atom stereocenters. The van der Waals surface area contributed by atoms with Crippen LogP contribution in [0, 0.1) is 5.41 Å². The molecule has 1 atom stereocenters. The van der Waals surface area contributed by atoms with Crippen LogP contribution in [-0.4, -0.2) is 50.2 Å². The molecule has 0 aliphatic carbocycles. The van der Waals surface area contributed by atoms with E-state index in [1.54, 1.807) is 7.11 Å². The van der Waals surface area contributed by atoms with Crippen LogP contribution in [0.4, 0.5) is 0 Å². The van der Waals surface area contributed by atoms with E-state index in [0.29, 0.717) is 18.9 Å². The van der Waals surface area contributed by atoms with Crippen molar-refractivity contribution in [2.45, 2.75) is 52.5 Å². The Kier molecular flexibility index (Phi) is 6.80. The summed E-state index contributed by atoms with van der Waals surface area (Å²) in [4.78, 5) is 14.2. The minimum atomic E-state index is 0.245. The number of carbonyl (C=O) groups excluding carboxylic acids is 1. The highest BCUT2D eigenvalue weighted by Gasteiger charge is 2.28. The summed E-state index contributed by atoms with van der Waals surface area (Å²) in [5.74, 6) is 0.296. The monoisotopic (exact) mass is 270 g/mol. The lowest BCUT2D eigenvalue weighted by Crippen LogP contribution is -2.46. The first-order valence-electron chi connectivity index (χ1n) is 7.48. The first kappa shape index (κ1) is 16.4. The quantitative estimate of drug-likeness (QED) is 0.770. The molecule has 4 heteroatoms. The largest absolute Gasteiger partial charge is 0.383 e. The minimum absolute atomic E-state index is 0.245. The first-order chi connectivity index (χ1) is 8.98. The van der Waals surface area contributed by atoms with E-state index in [0.717, 1.165) is 38.9 Å². The average molecular weight is 270 g/mol. The van der Waals surface area contributed by atoms with Gasteiger partial charge in [0.2, 0.25) is 5.91 Å². The van der Waals surface area contributed by atoms with Crippen LogP contribution in [-0.2, 0) is 9.53 Å². The van der Waals surface area contributed by atoms with Crippen molar-refractivity contribution in [3.8, 4) is 0 Å². The molecule has 0 saturated carbocycles. The van der Waals surface area contributed by atoms with Crippen LogP contribution < -0.4 is 5.32 Å². The van der Waals surface area contributed by atoms with Gasteiger partial charge in [-0.15, -0.1) is 0 Å². The standard InChI is InChI=1S/C15H30N2O2/c1-5-9-16-13(12-19-4)11-17-10-8-15(2,3)7-6-14(17)18/h13,16H,5-12H2,1-4H3. The number of nitrogens with zero attached hydrogens (tertiary/aromatic N) is 1. The summed E-state index contributed by atoms with van der Waals surface area (Å²) in [6.45, 7) is 9.94. The maximum Gasteiger partial charge on any atom is 0.222 e. The fourth-order valence-corrected chi connectivity index (χ4v) is 2.48. The van der Waals surface area contributed by atoms with Crippen LogP contribution in [0.15, 0.2) is 0 Å². The van der Waals surface area contributed by atoms with E-state index in [9.17, 15) is 4.79 Å². The number of hydrogen-bond donors (Lipinski definition) is 1. The van der Waals surface area contributed by atoms with Crippen LogP contribution >= 0.6 is 0 Å². The predicted octanol–water partition coefficient (Wildman–Crippen LogP) is 2.04. The molecule has 0 aromatic heterocycles. The molecule has 19 heavy (non-hydrogen) atoms. The lowest BCUT2D eigenvalue weighted by Gasteiger charge is -2.28. The number of rotatable bonds is 7. The molecule has 1 fully saturated rings. The van der Waals surface area contributed by atoms with Gasteiger partial charge < -0.3 is 15.0 Å². The zero-order chi connectivity index (χ0) is 14.3. The summed E-state index contributed by atoms with van der Waals surface area (Å²) in [6.07, 6.45) is 3.87. The van der Waals surface area contributed by atoms with E-state index in [1.165, 1.54) is 0 Å². The van der Waals surface area contributed by atoms with E-state index >= 15 is 0 Å². The Balaban J connectivity index is 2.53. The summed E-state index contributed by atoms with van der Waals surface area (Å²) >= 11 is 0. The maximum atomic E-state index is 12.2. The van der Waals surface area contributed by atoms with E-state index in [-0.39, 0.29) is 11.5 Å². The Hall–Kier alpha value is -0.610. The van der Waals surface area contributed by atoms with Crippen LogP contribution in [0.3, 0.4) is 0 Å². The highest BCUT2D eigenvalue weighted by atomic mass is 16.5. The molecule has 1 heterocycles. The van der Waals surface area contributed by atoms with Crippen LogP contribution in [0.5, 0.6) is 0 Å². The molecule has 1 N–H and O–H groups in total. The highest BCUT2D eigenvalue weighted by Crippen LogP contribution is 2.30. The van der Waals surface area contributed by atoms with Gasteiger partial charge in [0.1, 0.15) is 0 Å². The predicted molar refractivity (Wildman–Crippen MR) is 78.2 cm³/mol. The average Bonchev–Trinajstić information content (AvgIpc) is 2.49. The number of hydrogen-bond acceptors (Lipinski definition) is 3. The van der Waals surface area contributed by atoms with E-state index in [2.05, 4.69) is 26.1 Å². The van der Waals surface area contributed by atoms with E-state index in [4.69, 9.17) is 4.74 Å². The molecular weight excluding hydrogens is 240 g/mol. The van der Waals surface area contributed by atoms with Gasteiger partial charge in [0.15, 0.2) is 0 Å². The number of carbonyl (C=O) groups is 1. The Morgan fingerprint density at radius 1 is 1.42 bits per heavy atom. The summed E-state index contributed by atoms with van der Waals surface area (Å²) in [5, 5.41) is 3.46. The molecule has 1 aliphatic rings. The Morgan fingerprint density at radius 2 is 2.16 bits per heavy atom. The molecule has 0 bridgehead atoms. The van der Waals surface area contributed by atoms with Crippen LogP contribution in [0.1, 0.15) is 46.5 Å². The molecule has 112 valence electrons. The number of amides is 1. The second-order valence-electron chi connectivity index (χ2n) is 6.36. The third-order valence-electron chi connectivity index (χ3n) is 3.92. The number of likely N-dealkylation sites (tertiary alicyclic amines) is 1. The fraction of sp³-hybridized carbons (Fsp3) is 0.933.